The van der Waals surface area contributed by atoms with Crippen molar-refractivity contribution in [2.24, 2.45) is 0 Å². The molecule has 0 atom stereocenters. The fourth-order valence-electron chi connectivity index (χ4n) is 1.43. The Morgan fingerprint density at radius 3 is 2.44 bits per heavy atom. The van der Waals surface area contributed by atoms with Gasteiger partial charge in [0.15, 0.2) is 0 Å². The Balaban J connectivity index is 3.20. The molecule has 1 aromatic heterocycles. The second kappa shape index (κ2) is 4.90. The van der Waals surface area contributed by atoms with Gasteiger partial charge in [-0.05, 0) is 6.42 Å². The lowest BCUT2D eigenvalue weighted by molar-refractivity contribution is 0.502. The van der Waals surface area contributed by atoms with E-state index in [9.17, 15) is 12.3 Å². The van der Waals surface area contributed by atoms with E-state index in [0.717, 1.165) is 12.8 Å². The zero-order valence-corrected chi connectivity index (χ0v) is 10.5. The van der Waals surface area contributed by atoms with Gasteiger partial charge >= 0.3 is 10.2 Å². The monoisotopic (exact) mass is 249 g/mol. The second-order valence-electron chi connectivity index (χ2n) is 3.94. The average Bonchev–Trinajstić information content (AvgIpc) is 2.57. The largest absolute Gasteiger partial charge is 0.368 e. The maximum Gasteiger partial charge on any atom is 0.368 e. The zero-order valence-electron chi connectivity index (χ0n) is 9.64. The van der Waals surface area contributed by atoms with E-state index >= 15 is 0 Å². The first kappa shape index (κ1) is 13.1. The summed E-state index contributed by atoms with van der Waals surface area (Å²) in [5.41, 5.74) is 0. The van der Waals surface area contributed by atoms with Crippen molar-refractivity contribution < 1.29 is 12.3 Å². The molecule has 7 heteroatoms. The van der Waals surface area contributed by atoms with Gasteiger partial charge < -0.3 is 0 Å². The smallest absolute Gasteiger partial charge is 0.299 e. The molecule has 5 nitrogen and oxygen atoms in total. The Morgan fingerprint density at radius 2 is 2.00 bits per heavy atom. The first-order valence-corrected chi connectivity index (χ1v) is 6.64. The molecule has 0 saturated carbocycles. The summed E-state index contributed by atoms with van der Waals surface area (Å²) in [6.45, 7) is 6.13. The fourth-order valence-corrected chi connectivity index (χ4v) is 2.02. The quantitative estimate of drug-likeness (QED) is 0.747. The SMILES string of the molecule is CCCCn1c(C(C)C)nnc1S(=O)(=O)F. The molecule has 0 spiro atoms. The predicted octanol–water partition coefficient (Wildman–Crippen LogP) is 1.86. The van der Waals surface area contributed by atoms with Crippen molar-refractivity contribution in [3.63, 3.8) is 0 Å². The van der Waals surface area contributed by atoms with Crippen LogP contribution >= 0.6 is 0 Å². The molecular weight excluding hydrogens is 233 g/mol. The first-order valence-electron chi connectivity index (χ1n) is 5.25. The molecule has 0 saturated heterocycles. The van der Waals surface area contributed by atoms with E-state index in [4.69, 9.17) is 0 Å². The number of nitrogens with zero attached hydrogens (tertiary/aromatic N) is 3. The molecule has 0 aliphatic rings. The molecule has 1 aromatic rings. The summed E-state index contributed by atoms with van der Waals surface area (Å²) in [7, 11) is -4.79. The lowest BCUT2D eigenvalue weighted by atomic mass is 10.2. The summed E-state index contributed by atoms with van der Waals surface area (Å²) >= 11 is 0. The van der Waals surface area contributed by atoms with Gasteiger partial charge in [-0.3, -0.25) is 4.57 Å². The van der Waals surface area contributed by atoms with Crippen LogP contribution in [0.1, 0.15) is 45.4 Å². The van der Waals surface area contributed by atoms with Crippen LogP contribution in [-0.2, 0) is 16.8 Å². The molecule has 16 heavy (non-hydrogen) atoms. The van der Waals surface area contributed by atoms with Crippen molar-refractivity contribution in [3.8, 4) is 0 Å². The van der Waals surface area contributed by atoms with E-state index in [1.807, 2.05) is 20.8 Å². The van der Waals surface area contributed by atoms with E-state index in [0.29, 0.717) is 12.4 Å². The Bertz CT molecular complexity index is 453. The van der Waals surface area contributed by atoms with Crippen LogP contribution < -0.4 is 0 Å². The van der Waals surface area contributed by atoms with Gasteiger partial charge in [-0.15, -0.1) is 10.2 Å². The Hall–Kier alpha value is -0.980. The molecule has 1 rings (SSSR count). The molecule has 0 amide bonds. The standard InChI is InChI=1S/C9H16FN3O2S/c1-4-5-6-13-8(7(2)3)11-12-9(13)16(10,14)15/h7H,4-6H2,1-3H3. The minimum absolute atomic E-state index is 0.0138. The lowest BCUT2D eigenvalue weighted by Crippen LogP contribution is -2.11. The summed E-state index contributed by atoms with van der Waals surface area (Å²) in [5.74, 6) is 0.518. The maximum atomic E-state index is 12.9. The summed E-state index contributed by atoms with van der Waals surface area (Å²) in [5, 5.41) is 6.56. The molecule has 0 aliphatic carbocycles. The molecule has 0 unspecified atom stereocenters. The Kier molecular flexibility index (Phi) is 4.01. The first-order chi connectivity index (χ1) is 7.38. The maximum absolute atomic E-state index is 12.9. The number of unbranched alkanes of at least 4 members (excludes halogenated alkanes) is 1. The highest BCUT2D eigenvalue weighted by atomic mass is 32.3. The van der Waals surface area contributed by atoms with Gasteiger partial charge in [-0.2, -0.15) is 8.42 Å². The van der Waals surface area contributed by atoms with Crippen LogP contribution in [0.5, 0.6) is 0 Å². The van der Waals surface area contributed by atoms with E-state index in [2.05, 4.69) is 10.2 Å². The highest BCUT2D eigenvalue weighted by Gasteiger charge is 2.24. The third kappa shape index (κ3) is 2.78. The normalized spacial score (nSPS) is 12.3. The predicted molar refractivity (Wildman–Crippen MR) is 57.3 cm³/mol. The fraction of sp³-hybridized carbons (Fsp3) is 0.778. The van der Waals surface area contributed by atoms with Crippen molar-refractivity contribution >= 4 is 10.2 Å². The third-order valence-electron chi connectivity index (χ3n) is 2.22. The number of halogens is 1. The summed E-state index contributed by atoms with van der Waals surface area (Å²) in [6.07, 6.45) is 1.65. The van der Waals surface area contributed by atoms with Gasteiger partial charge in [0, 0.05) is 12.5 Å². The van der Waals surface area contributed by atoms with Crippen LogP contribution in [0.3, 0.4) is 0 Å². The average molecular weight is 249 g/mol. The molecule has 0 aromatic carbocycles. The van der Waals surface area contributed by atoms with Crippen LogP contribution in [0.4, 0.5) is 3.89 Å². The van der Waals surface area contributed by atoms with E-state index in [1.54, 1.807) is 0 Å². The molecular formula is C9H16FN3O2S. The highest BCUT2D eigenvalue weighted by molar-refractivity contribution is 7.86. The summed E-state index contributed by atoms with van der Waals surface area (Å²) in [4.78, 5) is 0. The zero-order chi connectivity index (χ0) is 12.3. The Morgan fingerprint density at radius 1 is 1.38 bits per heavy atom. The molecule has 0 aliphatic heterocycles. The minimum atomic E-state index is -4.79. The second-order valence-corrected chi connectivity index (χ2v) is 5.18. The van der Waals surface area contributed by atoms with Gasteiger partial charge in [0.05, 0.1) is 0 Å². The van der Waals surface area contributed by atoms with E-state index in [1.165, 1.54) is 4.57 Å². The minimum Gasteiger partial charge on any atom is -0.299 e. The lowest BCUT2D eigenvalue weighted by Gasteiger charge is -2.09. The van der Waals surface area contributed by atoms with E-state index in [-0.39, 0.29) is 5.92 Å². The topological polar surface area (TPSA) is 64.8 Å². The van der Waals surface area contributed by atoms with Crippen LogP contribution in [0.25, 0.3) is 0 Å². The molecule has 0 radical (unpaired) electrons. The molecule has 0 N–H and O–H groups in total. The van der Waals surface area contributed by atoms with Crippen molar-refractivity contribution in [2.75, 3.05) is 0 Å². The van der Waals surface area contributed by atoms with Gasteiger partial charge in [0.25, 0.3) is 5.16 Å². The van der Waals surface area contributed by atoms with Crippen molar-refractivity contribution in [1.82, 2.24) is 14.8 Å². The summed E-state index contributed by atoms with van der Waals surface area (Å²) in [6, 6.07) is 0. The van der Waals surface area contributed by atoms with Gasteiger partial charge in [-0.25, -0.2) is 0 Å². The summed E-state index contributed by atoms with van der Waals surface area (Å²) < 4.78 is 36.0. The Labute approximate surface area is 94.9 Å². The van der Waals surface area contributed by atoms with Crippen LogP contribution in [-0.4, -0.2) is 23.2 Å². The number of rotatable bonds is 5. The van der Waals surface area contributed by atoms with Crippen LogP contribution in [0.2, 0.25) is 0 Å². The van der Waals surface area contributed by atoms with E-state index < -0.39 is 15.4 Å². The van der Waals surface area contributed by atoms with Crippen LogP contribution in [0.15, 0.2) is 5.16 Å². The number of hydrogen-bond donors (Lipinski definition) is 0. The van der Waals surface area contributed by atoms with Crippen LogP contribution in [0, 0.1) is 0 Å². The van der Waals surface area contributed by atoms with Gasteiger partial charge in [0.2, 0.25) is 0 Å². The molecule has 0 fully saturated rings. The van der Waals surface area contributed by atoms with Gasteiger partial charge in [0.1, 0.15) is 5.82 Å². The van der Waals surface area contributed by atoms with Crippen molar-refractivity contribution in [2.45, 2.75) is 51.2 Å². The van der Waals surface area contributed by atoms with Gasteiger partial charge in [-0.1, -0.05) is 31.1 Å². The van der Waals surface area contributed by atoms with Crippen molar-refractivity contribution in [1.29, 1.82) is 0 Å². The number of hydrogen-bond acceptors (Lipinski definition) is 4. The third-order valence-corrected chi connectivity index (χ3v) is 2.95. The van der Waals surface area contributed by atoms with Crippen molar-refractivity contribution in [3.05, 3.63) is 5.82 Å². The molecule has 0 bridgehead atoms. The molecule has 1 heterocycles. The highest BCUT2D eigenvalue weighted by Crippen LogP contribution is 2.18. The molecule has 92 valence electrons. The number of aromatic nitrogens is 3.